The Kier molecular flexibility index (Phi) is 6.87. The monoisotopic (exact) mass is 460 g/mol. The number of aliphatic hydroxyl groups is 1. The number of aliphatic hydroxyl groups excluding tert-OH is 1. The molecule has 180 valence electrons. The highest BCUT2D eigenvalue weighted by Gasteiger charge is 2.51. The highest BCUT2D eigenvalue weighted by molar-refractivity contribution is 7.92. The molecule has 4 rings (SSSR count). The van der Waals surface area contributed by atoms with Crippen LogP contribution >= 0.6 is 0 Å². The number of allylic oxidation sites excluding steroid dienone is 3. The molecule has 0 aromatic carbocycles. The fourth-order valence-electron chi connectivity index (χ4n) is 7.28. The molecule has 0 aromatic rings. The third-order valence-electron chi connectivity index (χ3n) is 9.60. The molecule has 0 saturated heterocycles. The zero-order valence-corrected chi connectivity index (χ0v) is 21.6. The second kappa shape index (κ2) is 9.06. The molecule has 0 bridgehead atoms. The van der Waals surface area contributed by atoms with Crippen molar-refractivity contribution in [2.45, 2.75) is 97.3 Å². The van der Waals surface area contributed by atoms with E-state index >= 15 is 0 Å². The molecule has 1 heterocycles. The Morgan fingerprint density at radius 3 is 2.53 bits per heavy atom. The van der Waals surface area contributed by atoms with E-state index in [1.807, 2.05) is 0 Å². The predicted molar refractivity (Wildman–Crippen MR) is 133 cm³/mol. The summed E-state index contributed by atoms with van der Waals surface area (Å²) in [6.07, 6.45) is 14.5. The van der Waals surface area contributed by atoms with Crippen LogP contribution in [-0.2, 0) is 9.84 Å². The fourth-order valence-corrected chi connectivity index (χ4v) is 9.36. The van der Waals surface area contributed by atoms with Crippen molar-refractivity contribution in [1.82, 2.24) is 0 Å². The van der Waals surface area contributed by atoms with Crippen LogP contribution in [0.25, 0.3) is 0 Å². The summed E-state index contributed by atoms with van der Waals surface area (Å²) >= 11 is 0. The minimum Gasteiger partial charge on any atom is -0.393 e. The third kappa shape index (κ3) is 4.43. The van der Waals surface area contributed by atoms with Gasteiger partial charge in [0.1, 0.15) is 5.25 Å². The van der Waals surface area contributed by atoms with E-state index in [0.29, 0.717) is 42.4 Å². The van der Waals surface area contributed by atoms with Gasteiger partial charge in [0.05, 0.1) is 11.9 Å². The minimum absolute atomic E-state index is 0.212. The van der Waals surface area contributed by atoms with E-state index in [1.165, 1.54) is 24.8 Å². The molecule has 0 unspecified atom stereocenters. The van der Waals surface area contributed by atoms with Gasteiger partial charge in [-0.25, -0.2) is 8.42 Å². The molecule has 2 fully saturated rings. The Labute approximate surface area is 196 Å². The van der Waals surface area contributed by atoms with Crippen molar-refractivity contribution >= 4 is 9.84 Å². The van der Waals surface area contributed by atoms with Crippen LogP contribution in [0.1, 0.15) is 86.0 Å². The molecule has 7 atom stereocenters. The van der Waals surface area contributed by atoms with Crippen molar-refractivity contribution < 1.29 is 13.5 Å². The topological polar surface area (TPSA) is 54.4 Å². The van der Waals surface area contributed by atoms with Gasteiger partial charge in [0.25, 0.3) is 0 Å². The first kappa shape index (κ1) is 24.3. The summed E-state index contributed by atoms with van der Waals surface area (Å²) in [6, 6.07) is 0. The first-order valence-corrected chi connectivity index (χ1v) is 14.7. The third-order valence-corrected chi connectivity index (χ3v) is 11.5. The summed E-state index contributed by atoms with van der Waals surface area (Å²) in [6.45, 7) is 11.8. The van der Waals surface area contributed by atoms with E-state index in [9.17, 15) is 13.5 Å². The molecule has 32 heavy (non-hydrogen) atoms. The van der Waals surface area contributed by atoms with E-state index < -0.39 is 15.1 Å². The van der Waals surface area contributed by atoms with Gasteiger partial charge in [-0.1, -0.05) is 64.0 Å². The van der Waals surface area contributed by atoms with Gasteiger partial charge in [0.15, 0.2) is 9.84 Å². The zero-order chi connectivity index (χ0) is 23.3. The van der Waals surface area contributed by atoms with E-state index in [4.69, 9.17) is 0 Å². The standard InChI is InChI=1S/C28H44O3S/c1-18(2)19(3)8-9-20(4)25-12-13-26-21(7-6-14-28(25,26)5)15-27-24-16-23(29)11-10-22(24)17-32(27,30)31/h8-9,15,18-20,23,25-27,29H,6-7,10-14,16-17H2,1-5H3/b9-8+,21-15+/t19-,20+,23-,25+,26-,27+,28+/m0/s1. The SMILES string of the molecule is CC(C)[C@@H](C)/C=C/[C@@H](C)[C@H]1CC[C@H]2/C(=C/[C@@H]3C4=C(CC[C@H](O)C4)CS3(=O)=O)CCC[C@]12C. The first-order chi connectivity index (χ1) is 15.0. The summed E-state index contributed by atoms with van der Waals surface area (Å²) in [4.78, 5) is 0. The normalized spacial score (nSPS) is 40.2. The Bertz CT molecular complexity index is 909. The molecule has 4 heteroatoms. The summed E-state index contributed by atoms with van der Waals surface area (Å²) in [5.41, 5.74) is 3.78. The van der Waals surface area contributed by atoms with Gasteiger partial charge < -0.3 is 5.11 Å². The number of rotatable bonds is 5. The first-order valence-electron chi connectivity index (χ1n) is 13.0. The lowest BCUT2D eigenvalue weighted by Gasteiger charge is -2.44. The average Bonchev–Trinajstić information content (AvgIpc) is 3.20. The Morgan fingerprint density at radius 1 is 1.06 bits per heavy atom. The summed E-state index contributed by atoms with van der Waals surface area (Å²) in [5.74, 6) is 3.21. The largest absolute Gasteiger partial charge is 0.393 e. The maximum Gasteiger partial charge on any atom is 0.164 e. The molecule has 0 amide bonds. The number of fused-ring (bicyclic) bond motifs is 1. The lowest BCUT2D eigenvalue weighted by atomic mass is 9.61. The van der Waals surface area contributed by atoms with Crippen LogP contribution in [0.4, 0.5) is 0 Å². The van der Waals surface area contributed by atoms with Gasteiger partial charge in [-0.15, -0.1) is 0 Å². The van der Waals surface area contributed by atoms with Crippen LogP contribution in [0.5, 0.6) is 0 Å². The van der Waals surface area contributed by atoms with E-state index in [1.54, 1.807) is 0 Å². The van der Waals surface area contributed by atoms with Gasteiger partial charge in [-0.2, -0.15) is 0 Å². The van der Waals surface area contributed by atoms with Crippen LogP contribution in [0.15, 0.2) is 34.9 Å². The van der Waals surface area contributed by atoms with Crippen molar-refractivity contribution in [3.63, 3.8) is 0 Å². The Morgan fingerprint density at radius 2 is 1.81 bits per heavy atom. The Balaban J connectivity index is 1.58. The molecule has 1 aliphatic heterocycles. The maximum atomic E-state index is 13.1. The highest BCUT2D eigenvalue weighted by atomic mass is 32.2. The average molecular weight is 461 g/mol. The van der Waals surface area contributed by atoms with Crippen LogP contribution in [0.3, 0.4) is 0 Å². The molecular formula is C28H44O3S. The highest BCUT2D eigenvalue weighted by Crippen LogP contribution is 2.60. The van der Waals surface area contributed by atoms with E-state index in [0.717, 1.165) is 30.4 Å². The van der Waals surface area contributed by atoms with Crippen molar-refractivity contribution in [2.24, 2.45) is 35.0 Å². The van der Waals surface area contributed by atoms with E-state index in [-0.39, 0.29) is 17.3 Å². The molecule has 1 N–H and O–H groups in total. The molecule has 0 radical (unpaired) electrons. The summed E-state index contributed by atoms with van der Waals surface area (Å²) in [5, 5.41) is 9.73. The molecule has 0 spiro atoms. The molecule has 3 aliphatic carbocycles. The number of hydrogen-bond acceptors (Lipinski definition) is 3. The molecule has 2 saturated carbocycles. The van der Waals surface area contributed by atoms with Gasteiger partial charge >= 0.3 is 0 Å². The smallest absolute Gasteiger partial charge is 0.164 e. The van der Waals surface area contributed by atoms with Gasteiger partial charge in [-0.05, 0) is 91.9 Å². The summed E-state index contributed by atoms with van der Waals surface area (Å²) in [7, 11) is -3.17. The predicted octanol–water partition coefficient (Wildman–Crippen LogP) is 6.25. The molecular weight excluding hydrogens is 416 g/mol. The van der Waals surface area contributed by atoms with Crippen molar-refractivity contribution in [3.8, 4) is 0 Å². The van der Waals surface area contributed by atoms with Crippen LogP contribution < -0.4 is 0 Å². The quantitative estimate of drug-likeness (QED) is 0.493. The van der Waals surface area contributed by atoms with Gasteiger partial charge in [0.2, 0.25) is 0 Å². The van der Waals surface area contributed by atoms with Crippen molar-refractivity contribution in [3.05, 3.63) is 34.9 Å². The summed E-state index contributed by atoms with van der Waals surface area (Å²) < 4.78 is 26.2. The van der Waals surface area contributed by atoms with Gasteiger partial charge in [-0.3, -0.25) is 0 Å². The molecule has 3 nitrogen and oxygen atoms in total. The van der Waals surface area contributed by atoms with Crippen molar-refractivity contribution in [2.75, 3.05) is 5.75 Å². The van der Waals surface area contributed by atoms with E-state index in [2.05, 4.69) is 52.8 Å². The second-order valence-corrected chi connectivity index (χ2v) is 14.1. The molecule has 4 aliphatic rings. The van der Waals surface area contributed by atoms with Crippen molar-refractivity contribution in [1.29, 1.82) is 0 Å². The van der Waals surface area contributed by atoms with Crippen LogP contribution in [-0.4, -0.2) is 30.6 Å². The second-order valence-electron chi connectivity index (χ2n) is 11.9. The number of sulfone groups is 1. The minimum atomic E-state index is -3.17. The van der Waals surface area contributed by atoms with Crippen LogP contribution in [0, 0.1) is 35.0 Å². The fraction of sp³-hybridized carbons (Fsp3) is 0.786. The zero-order valence-electron chi connectivity index (χ0n) is 20.8. The lowest BCUT2D eigenvalue weighted by Crippen LogP contribution is -2.36. The van der Waals surface area contributed by atoms with Gasteiger partial charge in [0, 0.05) is 0 Å². The lowest BCUT2D eigenvalue weighted by molar-refractivity contribution is 0.111. The Hall–Kier alpha value is -0.870. The van der Waals surface area contributed by atoms with Crippen LogP contribution in [0.2, 0.25) is 0 Å². The number of hydrogen-bond donors (Lipinski definition) is 1. The molecule has 0 aromatic heterocycles. The maximum absolute atomic E-state index is 13.1.